The van der Waals surface area contributed by atoms with Crippen molar-refractivity contribution < 1.29 is 0 Å². The number of hydrogen-bond acceptors (Lipinski definition) is 6. The number of rotatable bonds is 2. The molecule has 0 radical (unpaired) electrons. The first-order valence-corrected chi connectivity index (χ1v) is 7.38. The van der Waals surface area contributed by atoms with E-state index in [-0.39, 0.29) is 5.54 Å². The highest BCUT2D eigenvalue weighted by Crippen LogP contribution is 2.25. The molecule has 1 aliphatic rings. The molecule has 7 nitrogen and oxygen atoms in total. The molecule has 21 heavy (non-hydrogen) atoms. The van der Waals surface area contributed by atoms with Gasteiger partial charge in [0.25, 0.3) is 0 Å². The minimum atomic E-state index is 0.219. The van der Waals surface area contributed by atoms with Crippen LogP contribution in [0.1, 0.15) is 20.8 Å². The van der Waals surface area contributed by atoms with Gasteiger partial charge in [0, 0.05) is 38.8 Å². The van der Waals surface area contributed by atoms with Gasteiger partial charge in [0.2, 0.25) is 5.95 Å². The van der Waals surface area contributed by atoms with Gasteiger partial charge in [-0.05, 0) is 20.8 Å². The van der Waals surface area contributed by atoms with Crippen molar-refractivity contribution in [2.75, 3.05) is 43.4 Å². The zero-order valence-electron chi connectivity index (χ0n) is 13.1. The number of fused-ring (bicyclic) bond motifs is 1. The molecule has 3 heterocycles. The molecule has 0 saturated carbocycles. The van der Waals surface area contributed by atoms with Crippen LogP contribution >= 0.6 is 0 Å². The molecule has 7 heteroatoms. The summed E-state index contributed by atoms with van der Waals surface area (Å²) in [6.45, 7) is 10.8. The lowest BCUT2D eigenvalue weighted by molar-refractivity contribution is 0.128. The smallest absolute Gasteiger partial charge is 0.226 e. The first-order chi connectivity index (χ1) is 9.99. The second kappa shape index (κ2) is 5.14. The maximum Gasteiger partial charge on any atom is 0.226 e. The van der Waals surface area contributed by atoms with Gasteiger partial charge in [0.1, 0.15) is 5.52 Å². The molecule has 0 aliphatic carbocycles. The number of nitrogens with one attached hydrogen (secondary N) is 2. The van der Waals surface area contributed by atoms with Crippen LogP contribution in [0.25, 0.3) is 11.2 Å². The Balaban J connectivity index is 1.86. The predicted octanol–water partition coefficient (Wildman–Crippen LogP) is 1.32. The lowest BCUT2D eigenvalue weighted by Gasteiger charge is -2.42. The lowest BCUT2D eigenvalue weighted by Crippen LogP contribution is -2.53. The van der Waals surface area contributed by atoms with Crippen molar-refractivity contribution in [3.05, 3.63) is 6.33 Å². The molecule has 0 aromatic carbocycles. The molecule has 1 aliphatic heterocycles. The van der Waals surface area contributed by atoms with Crippen LogP contribution in [0.4, 0.5) is 11.8 Å². The van der Waals surface area contributed by atoms with E-state index >= 15 is 0 Å². The third kappa shape index (κ3) is 2.65. The number of anilines is 2. The third-order valence-corrected chi connectivity index (χ3v) is 4.02. The van der Waals surface area contributed by atoms with E-state index in [0.29, 0.717) is 11.6 Å². The van der Waals surface area contributed by atoms with E-state index in [1.807, 2.05) is 7.05 Å². The van der Waals surface area contributed by atoms with Gasteiger partial charge in [-0.25, -0.2) is 4.98 Å². The van der Waals surface area contributed by atoms with E-state index in [0.717, 1.165) is 37.5 Å². The molecule has 2 aromatic rings. The lowest BCUT2D eigenvalue weighted by atomic mass is 10.1. The van der Waals surface area contributed by atoms with Gasteiger partial charge in [-0.3, -0.25) is 4.90 Å². The van der Waals surface area contributed by atoms with Crippen molar-refractivity contribution in [3.63, 3.8) is 0 Å². The number of hydrogen-bond donors (Lipinski definition) is 2. The van der Waals surface area contributed by atoms with Gasteiger partial charge in [0.05, 0.1) is 6.33 Å². The number of H-pyrrole nitrogens is 1. The predicted molar refractivity (Wildman–Crippen MR) is 84.8 cm³/mol. The van der Waals surface area contributed by atoms with E-state index in [1.54, 1.807) is 6.33 Å². The SMILES string of the molecule is CNc1nc(N2CCN(C(C)(C)C)CC2)c2[nH]cnc2n1. The molecule has 1 fully saturated rings. The summed E-state index contributed by atoms with van der Waals surface area (Å²) in [6.07, 6.45) is 1.67. The molecule has 0 unspecified atom stereocenters. The molecule has 0 amide bonds. The molecule has 0 atom stereocenters. The maximum atomic E-state index is 4.62. The van der Waals surface area contributed by atoms with Crippen LogP contribution in [-0.2, 0) is 0 Å². The second-order valence-electron chi connectivity index (χ2n) is 6.37. The Labute approximate surface area is 124 Å². The van der Waals surface area contributed by atoms with Gasteiger partial charge in [-0.15, -0.1) is 0 Å². The summed E-state index contributed by atoms with van der Waals surface area (Å²) in [5.74, 6) is 1.55. The van der Waals surface area contributed by atoms with E-state index in [4.69, 9.17) is 0 Å². The fourth-order valence-electron chi connectivity index (χ4n) is 2.75. The zero-order valence-corrected chi connectivity index (χ0v) is 13.1. The Morgan fingerprint density at radius 2 is 1.86 bits per heavy atom. The second-order valence-corrected chi connectivity index (χ2v) is 6.37. The van der Waals surface area contributed by atoms with E-state index in [2.05, 4.69) is 55.8 Å². The highest BCUT2D eigenvalue weighted by molar-refractivity contribution is 5.84. The van der Waals surface area contributed by atoms with Crippen molar-refractivity contribution in [3.8, 4) is 0 Å². The van der Waals surface area contributed by atoms with Crippen molar-refractivity contribution in [2.45, 2.75) is 26.3 Å². The van der Waals surface area contributed by atoms with Crippen LogP contribution in [0.5, 0.6) is 0 Å². The fraction of sp³-hybridized carbons (Fsp3) is 0.643. The summed E-state index contributed by atoms with van der Waals surface area (Å²) in [7, 11) is 1.83. The van der Waals surface area contributed by atoms with Gasteiger partial charge < -0.3 is 15.2 Å². The average molecular weight is 289 g/mol. The highest BCUT2D eigenvalue weighted by Gasteiger charge is 2.27. The molecule has 0 bridgehead atoms. The number of piperazine rings is 1. The first-order valence-electron chi connectivity index (χ1n) is 7.38. The fourth-order valence-corrected chi connectivity index (χ4v) is 2.75. The molecule has 3 rings (SSSR count). The number of nitrogens with zero attached hydrogens (tertiary/aromatic N) is 5. The normalized spacial score (nSPS) is 17.4. The van der Waals surface area contributed by atoms with Crippen LogP contribution in [0.15, 0.2) is 6.33 Å². The molecule has 114 valence electrons. The summed E-state index contributed by atoms with van der Waals surface area (Å²) in [5.41, 5.74) is 1.85. The molecule has 0 spiro atoms. The van der Waals surface area contributed by atoms with Crippen LogP contribution in [0.2, 0.25) is 0 Å². The van der Waals surface area contributed by atoms with Gasteiger partial charge in [0.15, 0.2) is 11.5 Å². The third-order valence-electron chi connectivity index (χ3n) is 4.02. The van der Waals surface area contributed by atoms with E-state index < -0.39 is 0 Å². The summed E-state index contributed by atoms with van der Waals surface area (Å²) in [6, 6.07) is 0. The van der Waals surface area contributed by atoms with E-state index in [1.165, 1.54) is 0 Å². The minimum absolute atomic E-state index is 0.219. The van der Waals surface area contributed by atoms with Gasteiger partial charge in [-0.1, -0.05) is 0 Å². The Morgan fingerprint density at radius 3 is 2.48 bits per heavy atom. The average Bonchev–Trinajstić information content (AvgIpc) is 2.93. The molecular formula is C14H23N7. The van der Waals surface area contributed by atoms with Gasteiger partial charge in [-0.2, -0.15) is 9.97 Å². The number of aromatic amines is 1. The minimum Gasteiger partial charge on any atom is -0.357 e. The van der Waals surface area contributed by atoms with Crippen LogP contribution in [0.3, 0.4) is 0 Å². The highest BCUT2D eigenvalue weighted by atomic mass is 15.3. The number of imidazole rings is 1. The zero-order chi connectivity index (χ0) is 15.0. The van der Waals surface area contributed by atoms with Crippen LogP contribution < -0.4 is 10.2 Å². The van der Waals surface area contributed by atoms with Crippen molar-refractivity contribution in [1.29, 1.82) is 0 Å². The largest absolute Gasteiger partial charge is 0.357 e. The topological polar surface area (TPSA) is 73.0 Å². The Kier molecular flexibility index (Phi) is 3.44. The summed E-state index contributed by atoms with van der Waals surface area (Å²) >= 11 is 0. The van der Waals surface area contributed by atoms with Crippen LogP contribution in [0, 0.1) is 0 Å². The molecule has 2 N–H and O–H groups in total. The Morgan fingerprint density at radius 1 is 1.14 bits per heavy atom. The van der Waals surface area contributed by atoms with Crippen molar-refractivity contribution in [2.24, 2.45) is 0 Å². The summed E-state index contributed by atoms with van der Waals surface area (Å²) in [5, 5.41) is 3.01. The quantitative estimate of drug-likeness (QED) is 0.868. The Bertz CT molecular complexity index is 620. The molecule has 2 aromatic heterocycles. The maximum absolute atomic E-state index is 4.62. The Hall–Kier alpha value is -1.89. The summed E-state index contributed by atoms with van der Waals surface area (Å²) < 4.78 is 0. The number of aromatic nitrogens is 4. The van der Waals surface area contributed by atoms with Gasteiger partial charge >= 0.3 is 0 Å². The van der Waals surface area contributed by atoms with Crippen LogP contribution in [-0.4, -0.2) is 63.6 Å². The summed E-state index contributed by atoms with van der Waals surface area (Å²) in [4.78, 5) is 21.2. The van der Waals surface area contributed by atoms with Crippen molar-refractivity contribution in [1.82, 2.24) is 24.8 Å². The molecular weight excluding hydrogens is 266 g/mol. The first kappa shape index (κ1) is 14.1. The standard InChI is InChI=1S/C14H23N7/c1-14(2,3)21-7-5-20(6-8-21)12-10-11(17-9-16-10)18-13(15-4)19-12/h9H,5-8H2,1-4H3,(H2,15,16,17,18,19). The monoisotopic (exact) mass is 289 g/mol. The van der Waals surface area contributed by atoms with E-state index in [9.17, 15) is 0 Å². The molecule has 1 saturated heterocycles. The van der Waals surface area contributed by atoms with Crippen molar-refractivity contribution >= 4 is 22.9 Å².